The number of aromatic nitrogens is 2. The quantitative estimate of drug-likeness (QED) is 0.888. The summed E-state index contributed by atoms with van der Waals surface area (Å²) >= 11 is 1.14. The van der Waals surface area contributed by atoms with Gasteiger partial charge >= 0.3 is 0 Å². The molecule has 0 spiro atoms. The van der Waals surface area contributed by atoms with Crippen LogP contribution in [0.5, 0.6) is 0 Å². The molecule has 8 nitrogen and oxygen atoms in total. The first-order valence-electron chi connectivity index (χ1n) is 5.01. The maximum atomic E-state index is 11.8. The van der Waals surface area contributed by atoms with Gasteiger partial charge in [-0.15, -0.1) is 10.2 Å². The van der Waals surface area contributed by atoms with Gasteiger partial charge in [-0.25, -0.2) is 12.7 Å². The van der Waals surface area contributed by atoms with E-state index in [4.69, 9.17) is 4.42 Å². The molecule has 2 heterocycles. The van der Waals surface area contributed by atoms with Crippen molar-refractivity contribution in [3.8, 4) is 0 Å². The summed E-state index contributed by atoms with van der Waals surface area (Å²) in [4.78, 5) is 11.7. The second-order valence-electron chi connectivity index (χ2n) is 3.60. The van der Waals surface area contributed by atoms with Crippen LogP contribution in [0.1, 0.15) is 10.6 Å². The smallest absolute Gasteiger partial charge is 0.293 e. The van der Waals surface area contributed by atoms with E-state index < -0.39 is 15.9 Å². The van der Waals surface area contributed by atoms with Gasteiger partial charge in [-0.2, -0.15) is 0 Å². The predicted octanol–water partition coefficient (Wildman–Crippen LogP) is 0.634. The van der Waals surface area contributed by atoms with Crippen LogP contribution >= 0.6 is 11.3 Å². The number of hydrogen-bond acceptors (Lipinski definition) is 7. The van der Waals surface area contributed by atoms with Gasteiger partial charge in [0.05, 0.1) is 0 Å². The highest BCUT2D eigenvalue weighted by atomic mass is 32.2. The van der Waals surface area contributed by atoms with E-state index in [1.165, 1.54) is 31.7 Å². The second-order valence-corrected chi connectivity index (χ2v) is 6.52. The van der Waals surface area contributed by atoms with Crippen molar-refractivity contribution in [2.45, 2.75) is 5.09 Å². The number of carbonyl (C=O) groups excluding carboxylic acids is 1. The zero-order chi connectivity index (χ0) is 14.0. The van der Waals surface area contributed by atoms with Gasteiger partial charge in [-0.1, -0.05) is 11.3 Å². The second kappa shape index (κ2) is 5.07. The molecule has 2 rings (SSSR count). The van der Waals surface area contributed by atoms with E-state index in [2.05, 4.69) is 15.5 Å². The van der Waals surface area contributed by atoms with Gasteiger partial charge in [0.25, 0.3) is 15.9 Å². The number of nitrogens with zero attached hydrogens (tertiary/aromatic N) is 3. The highest BCUT2D eigenvalue weighted by molar-refractivity contribution is 7.88. The molecule has 10 heteroatoms. The lowest BCUT2D eigenvalue weighted by molar-refractivity contribution is 0.0991. The van der Waals surface area contributed by atoms with Gasteiger partial charge in [0.15, 0.2) is 5.76 Å². The third-order valence-electron chi connectivity index (χ3n) is 2.12. The maximum absolute atomic E-state index is 11.8. The first-order chi connectivity index (χ1) is 8.91. The summed E-state index contributed by atoms with van der Waals surface area (Å²) in [5.41, 5.74) is 1.46. The summed E-state index contributed by atoms with van der Waals surface area (Å²) in [5.74, 6) is -0.701. The zero-order valence-corrected chi connectivity index (χ0v) is 11.7. The predicted molar refractivity (Wildman–Crippen MR) is 67.4 cm³/mol. The first kappa shape index (κ1) is 13.6. The van der Waals surface area contributed by atoms with Crippen LogP contribution in [0.4, 0.5) is 5.13 Å². The van der Waals surface area contributed by atoms with E-state index in [-0.39, 0.29) is 10.9 Å². The monoisotopic (exact) mass is 302 g/mol. The third-order valence-corrected chi connectivity index (χ3v) is 4.42. The minimum Gasteiger partial charge on any atom is -0.438 e. The summed E-state index contributed by atoms with van der Waals surface area (Å²) < 4.78 is 29.6. The van der Waals surface area contributed by atoms with Crippen molar-refractivity contribution < 1.29 is 17.6 Å². The van der Waals surface area contributed by atoms with Crippen molar-refractivity contribution >= 4 is 32.4 Å². The highest BCUT2D eigenvalue weighted by Gasteiger charge is 2.23. The molecule has 0 aliphatic carbocycles. The van der Waals surface area contributed by atoms with Crippen LogP contribution < -0.4 is 5.32 Å². The van der Waals surface area contributed by atoms with E-state index in [1.54, 1.807) is 0 Å². The first-order valence-corrected chi connectivity index (χ1v) is 7.33. The SMILES string of the molecule is CN(C)S(=O)(=O)c1ccc(C(=O)Nc2nncs2)o1. The topological polar surface area (TPSA) is 105 Å². The Morgan fingerprint density at radius 3 is 2.74 bits per heavy atom. The molecule has 0 bridgehead atoms. The van der Waals surface area contributed by atoms with Crippen LogP contribution in [0.2, 0.25) is 0 Å². The minimum absolute atomic E-state index is 0.115. The summed E-state index contributed by atoms with van der Waals surface area (Å²) in [6.45, 7) is 0. The van der Waals surface area contributed by atoms with E-state index in [1.807, 2.05) is 0 Å². The molecule has 1 N–H and O–H groups in total. The fourth-order valence-corrected chi connectivity index (χ4v) is 2.38. The highest BCUT2D eigenvalue weighted by Crippen LogP contribution is 2.18. The van der Waals surface area contributed by atoms with Crippen molar-refractivity contribution in [2.75, 3.05) is 19.4 Å². The van der Waals surface area contributed by atoms with E-state index >= 15 is 0 Å². The van der Waals surface area contributed by atoms with Crippen LogP contribution in [-0.2, 0) is 10.0 Å². The molecule has 0 fully saturated rings. The Morgan fingerprint density at radius 1 is 1.42 bits per heavy atom. The van der Waals surface area contributed by atoms with Gasteiger partial charge in [0.1, 0.15) is 5.51 Å². The molecule has 2 aromatic rings. The number of hydrogen-bond donors (Lipinski definition) is 1. The Hall–Kier alpha value is -1.78. The van der Waals surface area contributed by atoms with E-state index in [0.717, 1.165) is 15.6 Å². The number of amides is 1. The van der Waals surface area contributed by atoms with Gasteiger partial charge in [-0.3, -0.25) is 10.1 Å². The molecule has 2 aromatic heterocycles. The average molecular weight is 302 g/mol. The van der Waals surface area contributed by atoms with Gasteiger partial charge in [0.2, 0.25) is 10.2 Å². The standard InChI is InChI=1S/C9H10N4O4S2/c1-13(2)19(15,16)7-4-3-6(17-7)8(14)11-9-12-10-5-18-9/h3-5H,1-2H3,(H,11,12,14). The van der Waals surface area contributed by atoms with Crippen LogP contribution in [0.15, 0.2) is 27.2 Å². The van der Waals surface area contributed by atoms with Gasteiger partial charge in [0, 0.05) is 14.1 Å². The lowest BCUT2D eigenvalue weighted by atomic mass is 10.4. The molecule has 0 saturated carbocycles. The van der Waals surface area contributed by atoms with Crippen molar-refractivity contribution in [3.05, 3.63) is 23.4 Å². The van der Waals surface area contributed by atoms with E-state index in [0.29, 0.717) is 5.13 Å². The van der Waals surface area contributed by atoms with Gasteiger partial charge in [-0.05, 0) is 12.1 Å². The Balaban J connectivity index is 2.20. The van der Waals surface area contributed by atoms with Crippen LogP contribution in [0.25, 0.3) is 0 Å². The molecular formula is C9H10N4O4S2. The Morgan fingerprint density at radius 2 is 2.16 bits per heavy atom. The lowest BCUT2D eigenvalue weighted by Gasteiger charge is -2.07. The fraction of sp³-hybridized carbons (Fsp3) is 0.222. The van der Waals surface area contributed by atoms with Crippen LogP contribution in [-0.4, -0.2) is 42.9 Å². The molecule has 0 aliphatic heterocycles. The van der Waals surface area contributed by atoms with Crippen LogP contribution in [0.3, 0.4) is 0 Å². The molecular weight excluding hydrogens is 292 g/mol. The largest absolute Gasteiger partial charge is 0.438 e. The number of furan rings is 1. The minimum atomic E-state index is -3.69. The average Bonchev–Trinajstić information content (AvgIpc) is 2.98. The molecule has 1 amide bonds. The molecule has 0 atom stereocenters. The van der Waals surface area contributed by atoms with Crippen molar-refractivity contribution in [2.24, 2.45) is 0 Å². The number of nitrogens with one attached hydrogen (secondary N) is 1. The number of carbonyl (C=O) groups is 1. The molecule has 0 unspecified atom stereocenters. The lowest BCUT2D eigenvalue weighted by Crippen LogP contribution is -2.21. The molecule has 0 aromatic carbocycles. The zero-order valence-electron chi connectivity index (χ0n) is 10.0. The Bertz CT molecular complexity index is 675. The maximum Gasteiger partial charge on any atom is 0.293 e. The summed E-state index contributed by atoms with van der Waals surface area (Å²) in [5, 5.41) is 9.64. The molecule has 0 radical (unpaired) electrons. The van der Waals surface area contributed by atoms with Gasteiger partial charge < -0.3 is 4.42 Å². The van der Waals surface area contributed by atoms with Crippen molar-refractivity contribution in [3.63, 3.8) is 0 Å². The third kappa shape index (κ3) is 2.80. The number of anilines is 1. The van der Waals surface area contributed by atoms with Crippen molar-refractivity contribution in [1.82, 2.24) is 14.5 Å². The molecule has 0 saturated heterocycles. The summed E-state index contributed by atoms with van der Waals surface area (Å²) in [6, 6.07) is 2.51. The van der Waals surface area contributed by atoms with Crippen LogP contribution in [0, 0.1) is 0 Å². The molecule has 19 heavy (non-hydrogen) atoms. The fourth-order valence-electron chi connectivity index (χ4n) is 1.15. The van der Waals surface area contributed by atoms with E-state index in [9.17, 15) is 13.2 Å². The molecule has 102 valence electrons. The Labute approximate surface area is 113 Å². The summed E-state index contributed by atoms with van der Waals surface area (Å²) in [6.07, 6.45) is 0. The number of sulfonamides is 1. The summed E-state index contributed by atoms with van der Waals surface area (Å²) in [7, 11) is -0.943. The molecule has 0 aliphatic rings. The Kier molecular flexibility index (Phi) is 3.64. The number of rotatable bonds is 4. The van der Waals surface area contributed by atoms with Crippen molar-refractivity contribution in [1.29, 1.82) is 0 Å². The normalized spacial score (nSPS) is 11.7.